The first-order valence-corrected chi connectivity index (χ1v) is 7.39. The van der Waals surface area contributed by atoms with Crippen molar-refractivity contribution in [3.8, 4) is 5.88 Å². The highest BCUT2D eigenvalue weighted by atomic mass is 16.5. The zero-order valence-corrected chi connectivity index (χ0v) is 13.2. The standard InChI is InChI=1S/C17H23N3O/c1-5-21-17-10-16(19-13(4)20-17)18-11-14-6-8-15(9-7-14)12(2)3/h6-10,12H,5,11H2,1-4H3,(H,18,19,20). The van der Waals surface area contributed by atoms with Gasteiger partial charge in [0.05, 0.1) is 6.61 Å². The summed E-state index contributed by atoms with van der Waals surface area (Å²) >= 11 is 0. The molecule has 0 aliphatic heterocycles. The van der Waals surface area contributed by atoms with E-state index in [1.807, 2.05) is 19.9 Å². The van der Waals surface area contributed by atoms with E-state index in [-0.39, 0.29) is 0 Å². The van der Waals surface area contributed by atoms with E-state index in [0.717, 1.165) is 12.4 Å². The third-order valence-electron chi connectivity index (χ3n) is 3.23. The van der Waals surface area contributed by atoms with E-state index in [1.54, 1.807) is 0 Å². The van der Waals surface area contributed by atoms with Crippen LogP contribution < -0.4 is 10.1 Å². The van der Waals surface area contributed by atoms with E-state index in [0.29, 0.717) is 24.2 Å². The van der Waals surface area contributed by atoms with E-state index < -0.39 is 0 Å². The highest BCUT2D eigenvalue weighted by molar-refractivity contribution is 5.39. The van der Waals surface area contributed by atoms with Gasteiger partial charge in [-0.1, -0.05) is 38.1 Å². The molecule has 0 fully saturated rings. The van der Waals surface area contributed by atoms with E-state index >= 15 is 0 Å². The maximum absolute atomic E-state index is 5.43. The number of nitrogens with one attached hydrogen (secondary N) is 1. The van der Waals surface area contributed by atoms with Crippen LogP contribution in [0.2, 0.25) is 0 Å². The summed E-state index contributed by atoms with van der Waals surface area (Å²) in [5.74, 6) is 2.67. The molecular formula is C17H23N3O. The van der Waals surface area contributed by atoms with Crippen molar-refractivity contribution in [3.05, 3.63) is 47.3 Å². The summed E-state index contributed by atoms with van der Waals surface area (Å²) in [6, 6.07) is 10.5. The van der Waals surface area contributed by atoms with Crippen molar-refractivity contribution in [2.75, 3.05) is 11.9 Å². The van der Waals surface area contributed by atoms with Gasteiger partial charge in [-0.15, -0.1) is 0 Å². The lowest BCUT2D eigenvalue weighted by molar-refractivity contribution is 0.325. The molecule has 0 radical (unpaired) electrons. The highest BCUT2D eigenvalue weighted by Gasteiger charge is 2.03. The summed E-state index contributed by atoms with van der Waals surface area (Å²) in [7, 11) is 0. The van der Waals surface area contributed by atoms with Crippen LogP contribution in [0.15, 0.2) is 30.3 Å². The Morgan fingerprint density at radius 3 is 2.48 bits per heavy atom. The van der Waals surface area contributed by atoms with Crippen molar-refractivity contribution >= 4 is 5.82 Å². The molecule has 0 saturated carbocycles. The van der Waals surface area contributed by atoms with Gasteiger partial charge in [0, 0.05) is 12.6 Å². The Labute approximate surface area is 126 Å². The average molecular weight is 285 g/mol. The van der Waals surface area contributed by atoms with E-state index in [9.17, 15) is 0 Å². The maximum atomic E-state index is 5.43. The normalized spacial score (nSPS) is 10.7. The van der Waals surface area contributed by atoms with E-state index in [1.165, 1.54) is 11.1 Å². The highest BCUT2D eigenvalue weighted by Crippen LogP contribution is 2.17. The zero-order valence-electron chi connectivity index (χ0n) is 13.2. The summed E-state index contributed by atoms with van der Waals surface area (Å²) in [5, 5.41) is 3.32. The number of anilines is 1. The lowest BCUT2D eigenvalue weighted by atomic mass is 10.0. The number of benzene rings is 1. The Morgan fingerprint density at radius 1 is 1.14 bits per heavy atom. The minimum atomic E-state index is 0.560. The van der Waals surface area contributed by atoms with Gasteiger partial charge in [0.1, 0.15) is 11.6 Å². The number of aryl methyl sites for hydroxylation is 1. The van der Waals surface area contributed by atoms with E-state index in [2.05, 4.69) is 53.4 Å². The number of nitrogens with zero attached hydrogens (tertiary/aromatic N) is 2. The predicted octanol–water partition coefficient (Wildman–Crippen LogP) is 3.92. The molecule has 112 valence electrons. The topological polar surface area (TPSA) is 47.0 Å². The van der Waals surface area contributed by atoms with Crippen LogP contribution in [0.25, 0.3) is 0 Å². The molecule has 0 bridgehead atoms. The fraction of sp³-hybridized carbons (Fsp3) is 0.412. The van der Waals surface area contributed by atoms with Gasteiger partial charge in [-0.3, -0.25) is 0 Å². The summed E-state index contributed by atoms with van der Waals surface area (Å²) in [5.41, 5.74) is 2.59. The van der Waals surface area contributed by atoms with Gasteiger partial charge in [0.15, 0.2) is 0 Å². The first kappa shape index (κ1) is 15.3. The molecule has 0 unspecified atom stereocenters. The Balaban J connectivity index is 2.02. The molecule has 0 spiro atoms. The second-order valence-corrected chi connectivity index (χ2v) is 5.32. The van der Waals surface area contributed by atoms with Gasteiger partial charge in [0.25, 0.3) is 0 Å². The molecule has 2 aromatic rings. The molecule has 1 heterocycles. The lowest BCUT2D eigenvalue weighted by Gasteiger charge is -2.10. The molecule has 1 aromatic carbocycles. The number of aromatic nitrogens is 2. The van der Waals surface area contributed by atoms with Crippen molar-refractivity contribution < 1.29 is 4.74 Å². The molecule has 2 rings (SSSR count). The Kier molecular flexibility index (Phi) is 5.14. The van der Waals surface area contributed by atoms with Crippen LogP contribution in [0, 0.1) is 6.92 Å². The largest absolute Gasteiger partial charge is 0.478 e. The molecular weight excluding hydrogens is 262 g/mol. The summed E-state index contributed by atoms with van der Waals surface area (Å²) in [6.07, 6.45) is 0. The van der Waals surface area contributed by atoms with Crippen LogP contribution in [0.5, 0.6) is 5.88 Å². The van der Waals surface area contributed by atoms with Crippen LogP contribution >= 0.6 is 0 Å². The molecule has 4 nitrogen and oxygen atoms in total. The Bertz CT molecular complexity index is 579. The minimum absolute atomic E-state index is 0.560. The zero-order chi connectivity index (χ0) is 15.2. The van der Waals surface area contributed by atoms with Gasteiger partial charge in [0.2, 0.25) is 5.88 Å². The molecule has 1 N–H and O–H groups in total. The van der Waals surface area contributed by atoms with Crippen molar-refractivity contribution in [1.82, 2.24) is 9.97 Å². The Morgan fingerprint density at radius 2 is 1.86 bits per heavy atom. The molecule has 0 amide bonds. The van der Waals surface area contributed by atoms with Gasteiger partial charge in [-0.05, 0) is 30.9 Å². The first-order chi connectivity index (χ1) is 10.1. The molecule has 0 atom stereocenters. The Hall–Kier alpha value is -2.10. The summed E-state index contributed by atoms with van der Waals surface area (Å²) in [4.78, 5) is 8.61. The minimum Gasteiger partial charge on any atom is -0.478 e. The quantitative estimate of drug-likeness (QED) is 0.874. The van der Waals surface area contributed by atoms with Gasteiger partial charge in [-0.25, -0.2) is 4.98 Å². The second kappa shape index (κ2) is 7.07. The van der Waals surface area contributed by atoms with Gasteiger partial charge in [-0.2, -0.15) is 4.98 Å². The van der Waals surface area contributed by atoms with Crippen molar-refractivity contribution in [2.24, 2.45) is 0 Å². The van der Waals surface area contributed by atoms with Gasteiger partial charge < -0.3 is 10.1 Å². The second-order valence-electron chi connectivity index (χ2n) is 5.32. The SMILES string of the molecule is CCOc1cc(NCc2ccc(C(C)C)cc2)nc(C)n1. The molecule has 0 aliphatic rings. The van der Waals surface area contributed by atoms with Gasteiger partial charge >= 0.3 is 0 Å². The fourth-order valence-corrected chi connectivity index (χ4v) is 2.07. The molecule has 0 saturated heterocycles. The molecule has 4 heteroatoms. The smallest absolute Gasteiger partial charge is 0.218 e. The van der Waals surface area contributed by atoms with Crippen LogP contribution in [0.1, 0.15) is 43.6 Å². The van der Waals surface area contributed by atoms with Crippen molar-refractivity contribution in [1.29, 1.82) is 0 Å². The first-order valence-electron chi connectivity index (χ1n) is 7.39. The van der Waals surface area contributed by atoms with Crippen molar-refractivity contribution in [2.45, 2.75) is 40.2 Å². The lowest BCUT2D eigenvalue weighted by Crippen LogP contribution is -2.05. The van der Waals surface area contributed by atoms with Crippen LogP contribution in [-0.2, 0) is 6.54 Å². The average Bonchev–Trinajstić information content (AvgIpc) is 2.45. The summed E-state index contributed by atoms with van der Waals surface area (Å²) < 4.78 is 5.43. The number of ether oxygens (including phenoxy) is 1. The van der Waals surface area contributed by atoms with Crippen LogP contribution in [0.4, 0.5) is 5.82 Å². The third-order valence-corrected chi connectivity index (χ3v) is 3.23. The van der Waals surface area contributed by atoms with Crippen LogP contribution in [-0.4, -0.2) is 16.6 Å². The maximum Gasteiger partial charge on any atom is 0.218 e. The van der Waals surface area contributed by atoms with E-state index in [4.69, 9.17) is 4.74 Å². The number of hydrogen-bond acceptors (Lipinski definition) is 4. The van der Waals surface area contributed by atoms with Crippen LogP contribution in [0.3, 0.4) is 0 Å². The number of rotatable bonds is 6. The fourth-order valence-electron chi connectivity index (χ4n) is 2.07. The number of hydrogen-bond donors (Lipinski definition) is 1. The summed E-state index contributed by atoms with van der Waals surface area (Å²) in [6.45, 7) is 9.55. The molecule has 1 aromatic heterocycles. The monoisotopic (exact) mass is 285 g/mol. The van der Waals surface area contributed by atoms with Crippen molar-refractivity contribution in [3.63, 3.8) is 0 Å². The third kappa shape index (κ3) is 4.45. The molecule has 21 heavy (non-hydrogen) atoms. The molecule has 0 aliphatic carbocycles. The predicted molar refractivity (Wildman–Crippen MR) is 85.8 cm³/mol.